The zero-order valence-corrected chi connectivity index (χ0v) is 18.5. The van der Waals surface area contributed by atoms with Gasteiger partial charge < -0.3 is 14.6 Å². The molecule has 0 spiro atoms. The second-order valence-electron chi connectivity index (χ2n) is 8.62. The number of hydrogen-bond donors (Lipinski definition) is 1. The summed E-state index contributed by atoms with van der Waals surface area (Å²) in [6.45, 7) is 5.80. The lowest BCUT2D eigenvalue weighted by Gasteiger charge is -2.33. The standard InChI is InChI=1S/C24H32N4O3/c1-3-6-22(29)28-12-10-21-20(16-28)24(30)26-23(25-21)18-8-5-11-27(15-18)14-17-7-4-9-19(13-17)31-2/h4,7,9,13,18H,3,5-6,8,10-12,14-16H2,1-2H3,(H,25,26,30)/t18-/m1/s1. The number of nitrogens with one attached hydrogen (secondary N) is 1. The summed E-state index contributed by atoms with van der Waals surface area (Å²) in [5.74, 6) is 2.01. The summed E-state index contributed by atoms with van der Waals surface area (Å²) in [7, 11) is 1.69. The minimum absolute atomic E-state index is 0.0843. The Morgan fingerprint density at radius 2 is 2.19 bits per heavy atom. The number of piperidine rings is 1. The smallest absolute Gasteiger partial charge is 0.256 e. The maximum atomic E-state index is 12.8. The number of ether oxygens (including phenoxy) is 1. The van der Waals surface area contributed by atoms with Crippen molar-refractivity contribution in [3.05, 3.63) is 57.3 Å². The topological polar surface area (TPSA) is 78.5 Å². The molecule has 1 aromatic heterocycles. The minimum atomic E-state index is -0.0843. The molecule has 1 N–H and O–H groups in total. The van der Waals surface area contributed by atoms with Crippen LogP contribution in [0.15, 0.2) is 29.1 Å². The van der Waals surface area contributed by atoms with Gasteiger partial charge in [-0.15, -0.1) is 0 Å². The monoisotopic (exact) mass is 424 g/mol. The number of benzene rings is 1. The van der Waals surface area contributed by atoms with Crippen LogP contribution in [0.25, 0.3) is 0 Å². The fourth-order valence-electron chi connectivity index (χ4n) is 4.67. The van der Waals surface area contributed by atoms with E-state index >= 15 is 0 Å². The number of aromatic nitrogens is 2. The zero-order valence-electron chi connectivity index (χ0n) is 18.5. The molecule has 1 fully saturated rings. The number of methoxy groups -OCH3 is 1. The molecule has 0 unspecified atom stereocenters. The number of rotatable bonds is 6. The van der Waals surface area contributed by atoms with E-state index in [0.717, 1.165) is 56.2 Å². The van der Waals surface area contributed by atoms with E-state index in [-0.39, 0.29) is 17.4 Å². The SMILES string of the molecule is CCCC(=O)N1CCc2nc([C@@H]3CCCN(Cc4cccc(OC)c4)C3)[nH]c(=O)c2C1. The molecule has 0 aliphatic carbocycles. The fourth-order valence-corrected chi connectivity index (χ4v) is 4.67. The highest BCUT2D eigenvalue weighted by atomic mass is 16.5. The van der Waals surface area contributed by atoms with E-state index < -0.39 is 0 Å². The number of amides is 1. The van der Waals surface area contributed by atoms with Gasteiger partial charge in [-0.1, -0.05) is 19.1 Å². The normalized spacial score (nSPS) is 19.2. The van der Waals surface area contributed by atoms with Crippen molar-refractivity contribution in [1.82, 2.24) is 19.8 Å². The minimum Gasteiger partial charge on any atom is -0.497 e. The zero-order chi connectivity index (χ0) is 21.8. The van der Waals surface area contributed by atoms with Gasteiger partial charge in [0.1, 0.15) is 11.6 Å². The van der Waals surface area contributed by atoms with Crippen molar-refractivity contribution in [2.75, 3.05) is 26.7 Å². The number of nitrogens with zero attached hydrogens (tertiary/aromatic N) is 3. The first-order chi connectivity index (χ1) is 15.1. The Morgan fingerprint density at radius 3 is 3.00 bits per heavy atom. The Bertz CT molecular complexity index is 987. The van der Waals surface area contributed by atoms with Crippen molar-refractivity contribution in [3.63, 3.8) is 0 Å². The first kappa shape index (κ1) is 21.6. The second-order valence-corrected chi connectivity index (χ2v) is 8.62. The van der Waals surface area contributed by atoms with Gasteiger partial charge in [-0.05, 0) is 43.5 Å². The Morgan fingerprint density at radius 1 is 1.32 bits per heavy atom. The Balaban J connectivity index is 1.46. The van der Waals surface area contributed by atoms with E-state index in [4.69, 9.17) is 9.72 Å². The van der Waals surface area contributed by atoms with Gasteiger partial charge in [-0.3, -0.25) is 14.5 Å². The van der Waals surface area contributed by atoms with E-state index in [1.807, 2.05) is 19.1 Å². The Kier molecular flexibility index (Phi) is 6.70. The van der Waals surface area contributed by atoms with Crippen LogP contribution in [0.1, 0.15) is 61.2 Å². The molecule has 2 aliphatic rings. The molecule has 3 heterocycles. The first-order valence-corrected chi connectivity index (χ1v) is 11.3. The van der Waals surface area contributed by atoms with Crippen LogP contribution in [0.3, 0.4) is 0 Å². The van der Waals surface area contributed by atoms with Crippen molar-refractivity contribution < 1.29 is 9.53 Å². The number of carbonyl (C=O) groups is 1. The summed E-state index contributed by atoms with van der Waals surface area (Å²) in [5.41, 5.74) is 2.66. The average Bonchev–Trinajstić information content (AvgIpc) is 2.79. The number of carbonyl (C=O) groups excluding carboxylic acids is 1. The van der Waals surface area contributed by atoms with Crippen LogP contribution >= 0.6 is 0 Å². The van der Waals surface area contributed by atoms with E-state index in [1.54, 1.807) is 12.0 Å². The van der Waals surface area contributed by atoms with Gasteiger partial charge in [-0.2, -0.15) is 0 Å². The van der Waals surface area contributed by atoms with Gasteiger partial charge in [-0.25, -0.2) is 4.98 Å². The van der Waals surface area contributed by atoms with Crippen LogP contribution in [-0.4, -0.2) is 52.4 Å². The van der Waals surface area contributed by atoms with E-state index in [0.29, 0.717) is 31.5 Å². The highest BCUT2D eigenvalue weighted by molar-refractivity contribution is 5.76. The number of hydrogen-bond acceptors (Lipinski definition) is 5. The molecule has 4 rings (SSSR count). The van der Waals surface area contributed by atoms with Crippen LogP contribution in [0, 0.1) is 0 Å². The summed E-state index contributed by atoms with van der Waals surface area (Å²) in [6, 6.07) is 8.18. The maximum absolute atomic E-state index is 12.8. The molecule has 166 valence electrons. The molecule has 7 nitrogen and oxygen atoms in total. The first-order valence-electron chi connectivity index (χ1n) is 11.3. The molecule has 0 saturated carbocycles. The van der Waals surface area contributed by atoms with Crippen LogP contribution in [0.4, 0.5) is 0 Å². The molecule has 1 aromatic carbocycles. The largest absolute Gasteiger partial charge is 0.497 e. The number of fused-ring (bicyclic) bond motifs is 1. The summed E-state index contributed by atoms with van der Waals surface area (Å²) < 4.78 is 5.34. The van der Waals surface area contributed by atoms with Crippen LogP contribution in [-0.2, 0) is 24.3 Å². The third kappa shape index (κ3) is 4.98. The quantitative estimate of drug-likeness (QED) is 0.772. The van der Waals surface area contributed by atoms with Gasteiger partial charge in [0, 0.05) is 38.4 Å². The molecule has 7 heteroatoms. The third-order valence-electron chi connectivity index (χ3n) is 6.34. The van der Waals surface area contributed by atoms with Crippen molar-refractivity contribution >= 4 is 5.91 Å². The molecule has 2 aromatic rings. The molecule has 31 heavy (non-hydrogen) atoms. The number of aromatic amines is 1. The molecule has 1 atom stereocenters. The number of H-pyrrole nitrogens is 1. The molecular weight excluding hydrogens is 392 g/mol. The van der Waals surface area contributed by atoms with Gasteiger partial charge >= 0.3 is 0 Å². The lowest BCUT2D eigenvalue weighted by molar-refractivity contribution is -0.132. The summed E-state index contributed by atoms with van der Waals surface area (Å²) >= 11 is 0. The van der Waals surface area contributed by atoms with Crippen molar-refractivity contribution in [2.24, 2.45) is 0 Å². The Hall–Kier alpha value is -2.67. The van der Waals surface area contributed by atoms with Gasteiger partial charge in [0.25, 0.3) is 5.56 Å². The van der Waals surface area contributed by atoms with Gasteiger partial charge in [0.2, 0.25) is 5.91 Å². The number of likely N-dealkylation sites (tertiary alicyclic amines) is 1. The summed E-state index contributed by atoms with van der Waals surface area (Å²) in [5, 5.41) is 0. The lowest BCUT2D eigenvalue weighted by Crippen LogP contribution is -2.40. The van der Waals surface area contributed by atoms with Crippen LogP contribution in [0.2, 0.25) is 0 Å². The van der Waals surface area contributed by atoms with Gasteiger partial charge in [0.05, 0.1) is 24.9 Å². The molecule has 0 bridgehead atoms. The van der Waals surface area contributed by atoms with E-state index in [2.05, 4.69) is 22.0 Å². The molecule has 1 saturated heterocycles. The average molecular weight is 425 g/mol. The highest BCUT2D eigenvalue weighted by Gasteiger charge is 2.28. The van der Waals surface area contributed by atoms with Crippen LogP contribution < -0.4 is 10.3 Å². The molecule has 0 radical (unpaired) electrons. The molecular formula is C24H32N4O3. The second kappa shape index (κ2) is 9.64. The van der Waals surface area contributed by atoms with Crippen molar-refractivity contribution in [3.8, 4) is 5.75 Å². The van der Waals surface area contributed by atoms with Gasteiger partial charge in [0.15, 0.2) is 0 Å². The maximum Gasteiger partial charge on any atom is 0.256 e. The predicted octanol–water partition coefficient (Wildman–Crippen LogP) is 2.84. The van der Waals surface area contributed by atoms with Crippen molar-refractivity contribution in [2.45, 2.75) is 58.0 Å². The van der Waals surface area contributed by atoms with E-state index in [1.165, 1.54) is 5.56 Å². The molecule has 2 aliphatic heterocycles. The molecule has 1 amide bonds. The Labute approximate surface area is 183 Å². The highest BCUT2D eigenvalue weighted by Crippen LogP contribution is 2.27. The van der Waals surface area contributed by atoms with E-state index in [9.17, 15) is 9.59 Å². The lowest BCUT2D eigenvalue weighted by atomic mass is 9.96. The van der Waals surface area contributed by atoms with Crippen LogP contribution in [0.5, 0.6) is 5.75 Å². The summed E-state index contributed by atoms with van der Waals surface area (Å²) in [4.78, 5) is 37.2. The van der Waals surface area contributed by atoms with Crippen molar-refractivity contribution in [1.29, 1.82) is 0 Å². The summed E-state index contributed by atoms with van der Waals surface area (Å²) in [6.07, 6.45) is 4.11. The third-order valence-corrected chi connectivity index (χ3v) is 6.34. The fraction of sp³-hybridized carbons (Fsp3) is 0.542. The predicted molar refractivity (Wildman–Crippen MR) is 119 cm³/mol.